The van der Waals surface area contributed by atoms with Gasteiger partial charge in [-0.3, -0.25) is 4.48 Å². The van der Waals surface area contributed by atoms with Crippen LogP contribution in [0.15, 0.2) is 12.2 Å². The lowest BCUT2D eigenvalue weighted by atomic mass is 10.0. The summed E-state index contributed by atoms with van der Waals surface area (Å²) in [7, 11) is 3.63. The van der Waals surface area contributed by atoms with Gasteiger partial charge in [0.05, 0.1) is 21.1 Å². The van der Waals surface area contributed by atoms with Gasteiger partial charge in [-0.2, -0.15) is 0 Å². The second kappa shape index (κ2) is 17.4. The summed E-state index contributed by atoms with van der Waals surface area (Å²) >= 11 is 0. The van der Waals surface area contributed by atoms with E-state index in [1.54, 1.807) is 0 Å². The van der Waals surface area contributed by atoms with Crippen molar-refractivity contribution in [1.82, 2.24) is 0 Å². The first-order valence-corrected chi connectivity index (χ1v) is 13.6. The number of allylic oxidation sites excluding steroid dienone is 2. The number of hydrogen-bond acceptors (Lipinski definition) is 2. The molecular weight excluding hydrogens is 377 g/mol. The Labute approximate surface area is 183 Å². The molecule has 172 valence electrons. The first kappa shape index (κ1) is 28.8. The van der Waals surface area contributed by atoms with Crippen molar-refractivity contribution in [3.05, 3.63) is 12.2 Å². The molecule has 0 N–H and O–H groups in total. The number of quaternary nitrogens is 1. The monoisotopic (exact) mass is 428 g/mol. The van der Waals surface area contributed by atoms with Crippen LogP contribution in [0.25, 0.3) is 0 Å². The molecule has 0 aromatic carbocycles. The van der Waals surface area contributed by atoms with E-state index in [4.69, 9.17) is 0 Å². The van der Waals surface area contributed by atoms with Crippen molar-refractivity contribution < 1.29 is 13.9 Å². The van der Waals surface area contributed by atoms with E-state index in [0.717, 1.165) is 12.8 Å². The number of nitrogens with zero attached hydrogens (tertiary/aromatic N) is 1. The Kier molecular flexibility index (Phi) is 17.3. The minimum absolute atomic E-state index is 0.512. The summed E-state index contributed by atoms with van der Waals surface area (Å²) in [5, 5.41) is -0.595. The quantitative estimate of drug-likeness (QED) is 0.0861. The molecule has 0 saturated carbocycles. The first-order chi connectivity index (χ1) is 13.8. The average Bonchev–Trinajstić information content (AvgIpc) is 2.66. The fourth-order valence-corrected chi connectivity index (χ4v) is 5.50. The first-order valence-electron chi connectivity index (χ1n) is 12.4. The third-order valence-corrected chi connectivity index (χ3v) is 8.41. The van der Waals surface area contributed by atoms with Crippen molar-refractivity contribution in [2.24, 2.45) is 0 Å². The van der Waals surface area contributed by atoms with E-state index in [1.807, 2.05) is 28.1 Å². The lowest BCUT2D eigenvalue weighted by molar-refractivity contribution is -0.910. The van der Waals surface area contributed by atoms with E-state index < -0.39 is 13.3 Å². The number of rotatable bonds is 20. The number of unbranched alkanes of at least 4 members (excludes halogenated alkanes) is 14. The predicted octanol–water partition coefficient (Wildman–Crippen LogP) is 7.72. The van der Waals surface area contributed by atoms with E-state index in [1.165, 1.54) is 89.9 Å². The van der Waals surface area contributed by atoms with Crippen LogP contribution < -0.4 is 4.89 Å². The molecular formula is C25H51NO2P+. The maximum absolute atomic E-state index is 11.9. The summed E-state index contributed by atoms with van der Waals surface area (Å²) in [6.45, 7) is 4.12. The minimum atomic E-state index is -2.41. The average molecular weight is 429 g/mol. The zero-order chi connectivity index (χ0) is 22.0. The molecule has 0 aliphatic heterocycles. The molecule has 0 spiro atoms. The largest absolute Gasteiger partial charge is 0.590 e. The van der Waals surface area contributed by atoms with Crippen LogP contribution in [0.5, 0.6) is 0 Å². The SMILES string of the molecule is CC=CCCCCCCCCCCCCCCCCC(CC)([P+](=O)[O-])[N+](C)(C)C. The second-order valence-electron chi connectivity index (χ2n) is 9.66. The van der Waals surface area contributed by atoms with Gasteiger partial charge in [-0.25, -0.2) is 0 Å². The summed E-state index contributed by atoms with van der Waals surface area (Å²) in [6.07, 6.45) is 25.8. The molecule has 0 fully saturated rings. The molecule has 0 aromatic rings. The third-order valence-electron chi connectivity index (χ3n) is 6.59. The van der Waals surface area contributed by atoms with Gasteiger partial charge in [0.15, 0.2) is 0 Å². The molecule has 0 aliphatic rings. The van der Waals surface area contributed by atoms with Crippen molar-refractivity contribution >= 4 is 8.03 Å². The fourth-order valence-electron chi connectivity index (χ4n) is 4.41. The third kappa shape index (κ3) is 12.9. The van der Waals surface area contributed by atoms with Crippen molar-refractivity contribution in [2.75, 3.05) is 21.1 Å². The van der Waals surface area contributed by atoms with Crippen LogP contribution in [0.3, 0.4) is 0 Å². The Morgan fingerprint density at radius 3 is 1.45 bits per heavy atom. The van der Waals surface area contributed by atoms with Crippen LogP contribution in [0.4, 0.5) is 0 Å². The highest BCUT2D eigenvalue weighted by Gasteiger charge is 2.52. The van der Waals surface area contributed by atoms with E-state index >= 15 is 0 Å². The molecule has 3 nitrogen and oxygen atoms in total. The molecule has 0 aromatic heterocycles. The molecule has 0 aliphatic carbocycles. The highest BCUT2D eigenvalue weighted by atomic mass is 31.1. The smallest absolute Gasteiger partial charge is 0.376 e. The van der Waals surface area contributed by atoms with Crippen LogP contribution in [-0.4, -0.2) is 30.9 Å². The number of hydrogen-bond donors (Lipinski definition) is 0. The molecule has 0 bridgehead atoms. The van der Waals surface area contributed by atoms with Crippen LogP contribution in [-0.2, 0) is 4.57 Å². The van der Waals surface area contributed by atoms with E-state index in [9.17, 15) is 9.46 Å². The Morgan fingerprint density at radius 1 is 0.759 bits per heavy atom. The summed E-state index contributed by atoms with van der Waals surface area (Å²) in [4.78, 5) is 11.9. The molecule has 0 heterocycles. The van der Waals surface area contributed by atoms with Gasteiger partial charge in [0.2, 0.25) is 0 Å². The van der Waals surface area contributed by atoms with Gasteiger partial charge in [-0.15, -0.1) is 0 Å². The Balaban J connectivity index is 3.55. The highest BCUT2D eigenvalue weighted by molar-refractivity contribution is 7.38. The lowest BCUT2D eigenvalue weighted by Crippen LogP contribution is -2.55. The molecule has 29 heavy (non-hydrogen) atoms. The maximum atomic E-state index is 11.9. The summed E-state index contributed by atoms with van der Waals surface area (Å²) in [6, 6.07) is 0. The van der Waals surface area contributed by atoms with Gasteiger partial charge in [0.1, 0.15) is 0 Å². The Morgan fingerprint density at radius 2 is 1.14 bits per heavy atom. The zero-order valence-corrected chi connectivity index (χ0v) is 21.3. The van der Waals surface area contributed by atoms with Crippen molar-refractivity contribution in [3.63, 3.8) is 0 Å². The van der Waals surface area contributed by atoms with Gasteiger partial charge in [-0.05, 0) is 26.2 Å². The molecule has 2 atom stereocenters. The van der Waals surface area contributed by atoms with Gasteiger partial charge in [-0.1, -0.05) is 101 Å². The lowest BCUT2D eigenvalue weighted by Gasteiger charge is -2.39. The standard InChI is InChI=1S/C25H51NO2P/c1-6-8-9-10-11-12-13-14-15-16-17-18-19-20-21-22-23-24-25(7-2,29(27)28)26(3,4)5/h6,8H,7,9-24H2,1-5H3/q+1. The Bertz CT molecular complexity index is 431. The van der Waals surface area contributed by atoms with Crippen LogP contribution in [0.1, 0.15) is 123 Å². The van der Waals surface area contributed by atoms with Gasteiger partial charge < -0.3 is 4.89 Å². The molecule has 4 heteroatoms. The Hall–Kier alpha value is -0.240. The zero-order valence-electron chi connectivity index (χ0n) is 20.4. The van der Waals surface area contributed by atoms with Gasteiger partial charge in [0, 0.05) is 12.8 Å². The van der Waals surface area contributed by atoms with Crippen LogP contribution in [0.2, 0.25) is 0 Å². The van der Waals surface area contributed by atoms with Crippen LogP contribution in [0, 0.1) is 0 Å². The summed E-state index contributed by atoms with van der Waals surface area (Å²) < 4.78 is 12.4. The highest BCUT2D eigenvalue weighted by Crippen LogP contribution is 2.44. The van der Waals surface area contributed by atoms with Crippen molar-refractivity contribution in [1.29, 1.82) is 0 Å². The normalized spacial score (nSPS) is 15.0. The summed E-state index contributed by atoms with van der Waals surface area (Å²) in [5.74, 6) is 0. The molecule has 0 saturated heterocycles. The van der Waals surface area contributed by atoms with Crippen molar-refractivity contribution in [3.8, 4) is 0 Å². The predicted molar refractivity (Wildman–Crippen MR) is 127 cm³/mol. The van der Waals surface area contributed by atoms with Crippen LogP contribution >= 0.6 is 8.03 Å². The van der Waals surface area contributed by atoms with E-state index in [0.29, 0.717) is 10.9 Å². The molecule has 0 radical (unpaired) electrons. The summed E-state index contributed by atoms with van der Waals surface area (Å²) in [5.41, 5.74) is 0. The minimum Gasteiger partial charge on any atom is -0.590 e. The van der Waals surface area contributed by atoms with E-state index in [2.05, 4.69) is 19.1 Å². The van der Waals surface area contributed by atoms with E-state index in [-0.39, 0.29) is 0 Å². The molecule has 0 amide bonds. The topological polar surface area (TPSA) is 40.1 Å². The molecule has 2 unspecified atom stereocenters. The van der Waals surface area contributed by atoms with Crippen molar-refractivity contribution in [2.45, 2.75) is 128 Å². The van der Waals surface area contributed by atoms with Gasteiger partial charge >= 0.3 is 8.03 Å². The molecule has 0 rings (SSSR count). The fraction of sp³-hybridized carbons (Fsp3) is 0.920. The maximum Gasteiger partial charge on any atom is 0.376 e. The second-order valence-corrected chi connectivity index (χ2v) is 11.0. The van der Waals surface area contributed by atoms with Gasteiger partial charge in [0.25, 0.3) is 5.28 Å².